The summed E-state index contributed by atoms with van der Waals surface area (Å²) in [5.41, 5.74) is 5.33. The molecule has 1 aromatic carbocycles. The number of hydrogen-bond acceptors (Lipinski definition) is 5. The molecule has 0 bridgehead atoms. The average Bonchev–Trinajstić information content (AvgIpc) is 3.58. The highest BCUT2D eigenvalue weighted by Gasteiger charge is 2.21. The summed E-state index contributed by atoms with van der Waals surface area (Å²) in [4.78, 5) is 18.6. The molecule has 4 heterocycles. The lowest BCUT2D eigenvalue weighted by molar-refractivity contribution is 0.637. The Morgan fingerprint density at radius 3 is 2.79 bits per heavy atom. The number of imidazole rings is 1. The Labute approximate surface area is 199 Å². The maximum absolute atomic E-state index is 15.7. The average molecular weight is 469 g/mol. The summed E-state index contributed by atoms with van der Waals surface area (Å²) in [5.74, 6) is 0.0403. The van der Waals surface area contributed by atoms with Crippen molar-refractivity contribution in [2.45, 2.75) is 13.8 Å². The third-order valence-electron chi connectivity index (χ3n) is 5.52. The van der Waals surface area contributed by atoms with Crippen LogP contribution >= 0.6 is 11.3 Å². The minimum Gasteiger partial charge on any atom is -0.335 e. The molecule has 0 amide bonds. The maximum Gasteiger partial charge on any atom is 0.178 e. The predicted molar refractivity (Wildman–Crippen MR) is 139 cm³/mol. The minimum absolute atomic E-state index is 0.352. The first-order valence-corrected chi connectivity index (χ1v) is 11.4. The Balaban J connectivity index is 1.67. The van der Waals surface area contributed by atoms with Crippen LogP contribution in [0.1, 0.15) is 24.3 Å². The number of pyridine rings is 1. The number of thiophene rings is 1. The predicted octanol–water partition coefficient (Wildman–Crippen LogP) is 7.02. The number of nitrogens with one attached hydrogen (secondary N) is 2. The van der Waals surface area contributed by atoms with Crippen molar-refractivity contribution >= 4 is 50.8 Å². The highest BCUT2D eigenvalue weighted by Crippen LogP contribution is 2.36. The van der Waals surface area contributed by atoms with Crippen molar-refractivity contribution in [2.24, 2.45) is 4.99 Å². The molecule has 0 fully saturated rings. The fourth-order valence-electron chi connectivity index (χ4n) is 3.84. The summed E-state index contributed by atoms with van der Waals surface area (Å²) in [5, 5.41) is 7.64. The largest absolute Gasteiger partial charge is 0.335 e. The first-order chi connectivity index (χ1) is 16.5. The molecule has 34 heavy (non-hydrogen) atoms. The first-order valence-electron chi connectivity index (χ1n) is 10.6. The van der Waals surface area contributed by atoms with Crippen LogP contribution in [0.15, 0.2) is 67.0 Å². The van der Waals surface area contributed by atoms with E-state index in [9.17, 15) is 0 Å². The van der Waals surface area contributed by atoms with Crippen molar-refractivity contribution in [3.05, 3.63) is 78.2 Å². The van der Waals surface area contributed by atoms with Gasteiger partial charge in [-0.15, -0.1) is 11.3 Å². The molecular formula is C26H21FN6S. The maximum atomic E-state index is 15.7. The van der Waals surface area contributed by atoms with Crippen LogP contribution in [0.5, 0.6) is 0 Å². The third kappa shape index (κ3) is 3.58. The molecule has 0 saturated heterocycles. The van der Waals surface area contributed by atoms with E-state index in [4.69, 9.17) is 0 Å². The Hall–Kier alpha value is -4.17. The van der Waals surface area contributed by atoms with Crippen LogP contribution in [0.4, 0.5) is 4.39 Å². The van der Waals surface area contributed by atoms with Gasteiger partial charge in [0.1, 0.15) is 11.5 Å². The van der Waals surface area contributed by atoms with Crippen LogP contribution in [0, 0.1) is 5.82 Å². The van der Waals surface area contributed by atoms with E-state index in [2.05, 4.69) is 55.4 Å². The van der Waals surface area contributed by atoms with Gasteiger partial charge in [-0.2, -0.15) is 5.10 Å². The second kappa shape index (κ2) is 8.64. The summed E-state index contributed by atoms with van der Waals surface area (Å²) >= 11 is 1.65. The first kappa shape index (κ1) is 21.7. The van der Waals surface area contributed by atoms with Crippen molar-refractivity contribution in [3.63, 3.8) is 0 Å². The van der Waals surface area contributed by atoms with Crippen LogP contribution < -0.4 is 0 Å². The van der Waals surface area contributed by atoms with Crippen molar-refractivity contribution in [1.29, 1.82) is 0 Å². The second-order valence-corrected chi connectivity index (χ2v) is 8.80. The molecule has 6 nitrogen and oxygen atoms in total. The van der Waals surface area contributed by atoms with E-state index in [1.54, 1.807) is 42.0 Å². The van der Waals surface area contributed by atoms with Crippen LogP contribution in [0.3, 0.4) is 0 Å². The lowest BCUT2D eigenvalue weighted by Crippen LogP contribution is -1.93. The lowest BCUT2D eigenvalue weighted by atomic mass is 10.0. The quantitative estimate of drug-likeness (QED) is 0.263. The molecule has 168 valence electrons. The van der Waals surface area contributed by atoms with Gasteiger partial charge in [0.05, 0.1) is 16.4 Å². The van der Waals surface area contributed by atoms with Gasteiger partial charge in [-0.05, 0) is 55.3 Å². The number of nitrogens with zero attached hydrogens (tertiary/aromatic N) is 4. The fraction of sp³-hybridized carbons (Fsp3) is 0.0769. The molecule has 0 aliphatic heterocycles. The molecule has 0 aliphatic rings. The zero-order valence-corrected chi connectivity index (χ0v) is 19.5. The SMILES string of the molecule is C=CN=C/C(=C\C)c1ccc2[nH]nc(-c3nc4nccc(-c5ccc(C(=C)C)s5)c4[nH]3)c2c1F. The Morgan fingerprint density at radius 2 is 2.06 bits per heavy atom. The van der Waals surface area contributed by atoms with E-state index in [1.807, 2.05) is 19.9 Å². The van der Waals surface area contributed by atoms with Gasteiger partial charge in [-0.3, -0.25) is 10.1 Å². The zero-order chi connectivity index (χ0) is 23.8. The second-order valence-electron chi connectivity index (χ2n) is 7.71. The molecular weight excluding hydrogens is 447 g/mol. The normalized spacial score (nSPS) is 12.3. The van der Waals surface area contributed by atoms with Gasteiger partial charge in [0.25, 0.3) is 0 Å². The van der Waals surface area contributed by atoms with Gasteiger partial charge in [0.15, 0.2) is 11.5 Å². The summed E-state index contributed by atoms with van der Waals surface area (Å²) in [6.45, 7) is 11.4. The van der Waals surface area contributed by atoms with E-state index in [0.29, 0.717) is 39.2 Å². The van der Waals surface area contributed by atoms with E-state index in [1.165, 1.54) is 6.20 Å². The van der Waals surface area contributed by atoms with Crippen LogP contribution in [-0.2, 0) is 0 Å². The number of aromatic nitrogens is 5. The molecule has 2 N–H and O–H groups in total. The highest BCUT2D eigenvalue weighted by atomic mass is 32.1. The molecule has 5 rings (SSSR count). The van der Waals surface area contributed by atoms with E-state index < -0.39 is 5.82 Å². The van der Waals surface area contributed by atoms with Gasteiger partial charge in [-0.1, -0.05) is 19.2 Å². The van der Waals surface area contributed by atoms with Gasteiger partial charge >= 0.3 is 0 Å². The van der Waals surface area contributed by atoms with Crippen molar-refractivity contribution < 1.29 is 4.39 Å². The topological polar surface area (TPSA) is 82.6 Å². The summed E-state index contributed by atoms with van der Waals surface area (Å²) in [7, 11) is 0. The standard InChI is InChI=1S/C26H21FN6S/c1-5-15(13-28-6-2)16-7-8-18-21(22(16)27)24(33-32-18)26-30-23-17(11-12-29-25(23)31-26)20-10-9-19(34-20)14(3)4/h5-13H,2-3H2,1,4H3,(H,32,33)(H,29,30,31)/b15-5+,28-13?. The molecule has 0 unspecified atom stereocenters. The Morgan fingerprint density at radius 1 is 1.21 bits per heavy atom. The van der Waals surface area contributed by atoms with Gasteiger partial charge in [-0.25, -0.2) is 14.4 Å². The number of benzene rings is 1. The van der Waals surface area contributed by atoms with Crippen LogP contribution in [-0.4, -0.2) is 31.4 Å². The number of aromatic amines is 2. The molecule has 0 radical (unpaired) electrons. The summed E-state index contributed by atoms with van der Waals surface area (Å²) in [6.07, 6.45) is 6.51. The number of allylic oxidation sites excluding steroid dienone is 3. The van der Waals surface area contributed by atoms with Gasteiger partial charge in [0.2, 0.25) is 0 Å². The fourth-order valence-corrected chi connectivity index (χ4v) is 4.80. The van der Waals surface area contributed by atoms with Gasteiger partial charge < -0.3 is 4.98 Å². The molecule has 4 aromatic heterocycles. The molecule has 5 aromatic rings. The monoisotopic (exact) mass is 468 g/mol. The number of halogens is 1. The van der Waals surface area contributed by atoms with E-state index in [-0.39, 0.29) is 0 Å². The van der Waals surface area contributed by atoms with Gasteiger partial charge in [0, 0.05) is 39.5 Å². The molecule has 0 atom stereocenters. The number of H-pyrrole nitrogens is 2. The van der Waals surface area contributed by atoms with E-state index >= 15 is 4.39 Å². The lowest BCUT2D eigenvalue weighted by Gasteiger charge is -2.05. The number of aliphatic imine (C=N–C) groups is 1. The molecule has 0 saturated carbocycles. The Kier molecular flexibility index (Phi) is 5.51. The summed E-state index contributed by atoms with van der Waals surface area (Å²) < 4.78 is 15.7. The van der Waals surface area contributed by atoms with Crippen LogP contribution in [0.25, 0.3) is 55.2 Å². The molecule has 0 spiro atoms. The number of rotatable bonds is 6. The van der Waals surface area contributed by atoms with E-state index in [0.717, 1.165) is 26.4 Å². The van der Waals surface area contributed by atoms with Crippen molar-refractivity contribution in [1.82, 2.24) is 25.1 Å². The zero-order valence-electron chi connectivity index (χ0n) is 18.7. The van der Waals surface area contributed by atoms with Crippen molar-refractivity contribution in [3.8, 4) is 22.0 Å². The highest BCUT2D eigenvalue weighted by molar-refractivity contribution is 7.16. The Bertz CT molecular complexity index is 1630. The summed E-state index contributed by atoms with van der Waals surface area (Å²) in [6, 6.07) is 9.56. The van der Waals surface area contributed by atoms with Crippen molar-refractivity contribution in [2.75, 3.05) is 0 Å². The number of fused-ring (bicyclic) bond motifs is 2. The molecule has 0 aliphatic carbocycles. The van der Waals surface area contributed by atoms with Crippen LogP contribution in [0.2, 0.25) is 0 Å². The third-order valence-corrected chi connectivity index (χ3v) is 6.80. The smallest absolute Gasteiger partial charge is 0.178 e. The minimum atomic E-state index is -0.400. The number of hydrogen-bond donors (Lipinski definition) is 2. The molecule has 8 heteroatoms.